The molecule has 1 amide bonds. The molecule has 0 aliphatic carbocycles. The summed E-state index contributed by atoms with van der Waals surface area (Å²) in [4.78, 5) is 34.5. The zero-order chi connectivity index (χ0) is 23.8. The summed E-state index contributed by atoms with van der Waals surface area (Å²) in [7, 11) is 0. The molecule has 0 radical (unpaired) electrons. The van der Waals surface area contributed by atoms with Crippen molar-refractivity contribution in [2.45, 2.75) is 33.6 Å². The molecule has 0 bridgehead atoms. The first kappa shape index (κ1) is 24.0. The minimum Gasteiger partial charge on any atom is -0.401 e. The quantitative estimate of drug-likeness (QED) is 0.226. The highest BCUT2D eigenvalue weighted by Gasteiger charge is 2.13. The highest BCUT2D eigenvalue weighted by molar-refractivity contribution is 6.11. The number of hydrogen-bond acceptors (Lipinski definition) is 6. The van der Waals surface area contributed by atoms with Gasteiger partial charge in [-0.05, 0) is 69.8 Å². The summed E-state index contributed by atoms with van der Waals surface area (Å²) in [5.41, 5.74) is 2.47. The van der Waals surface area contributed by atoms with Crippen molar-refractivity contribution < 1.29 is 14.1 Å². The van der Waals surface area contributed by atoms with Crippen molar-refractivity contribution in [3.8, 4) is 0 Å². The van der Waals surface area contributed by atoms with Crippen LogP contribution in [0.5, 0.6) is 0 Å². The Kier molecular flexibility index (Phi) is 8.21. The average molecular weight is 449 g/mol. The number of carbonyl (C=O) groups excluding carboxylic acids is 1. The average Bonchev–Trinajstić information content (AvgIpc) is 3.29. The van der Waals surface area contributed by atoms with Crippen LogP contribution in [0, 0.1) is 10.1 Å². The van der Waals surface area contributed by atoms with Gasteiger partial charge >= 0.3 is 5.88 Å². The molecule has 2 aromatic heterocycles. The van der Waals surface area contributed by atoms with Crippen molar-refractivity contribution in [3.05, 3.63) is 69.6 Å². The molecule has 0 fully saturated rings. The maximum absolute atomic E-state index is 13.0. The SMILES string of the molecule is CCN(CC)CCCC(C)=NC(=O)c1cc(/C=C/c2ccc([N+](=O)[O-])o2)nc2ccccc12. The molecule has 0 spiro atoms. The van der Waals surface area contributed by atoms with Gasteiger partial charge in [0.15, 0.2) is 0 Å². The van der Waals surface area contributed by atoms with Crippen molar-refractivity contribution in [2.75, 3.05) is 19.6 Å². The van der Waals surface area contributed by atoms with Crippen LogP contribution in [0.4, 0.5) is 5.88 Å². The highest BCUT2D eigenvalue weighted by atomic mass is 16.6. The number of amides is 1. The summed E-state index contributed by atoms with van der Waals surface area (Å²) in [5, 5.41) is 11.5. The van der Waals surface area contributed by atoms with E-state index in [0.29, 0.717) is 22.5 Å². The van der Waals surface area contributed by atoms with Crippen LogP contribution in [0.15, 0.2) is 51.9 Å². The minimum atomic E-state index is -0.593. The van der Waals surface area contributed by atoms with Crippen molar-refractivity contribution in [1.29, 1.82) is 0 Å². The Balaban J connectivity index is 1.83. The van der Waals surface area contributed by atoms with E-state index in [-0.39, 0.29) is 11.8 Å². The van der Waals surface area contributed by atoms with Gasteiger partial charge in [0.2, 0.25) is 0 Å². The molecule has 2 heterocycles. The second-order valence-electron chi connectivity index (χ2n) is 7.66. The summed E-state index contributed by atoms with van der Waals surface area (Å²) in [6.45, 7) is 9.16. The van der Waals surface area contributed by atoms with E-state index in [1.165, 1.54) is 12.1 Å². The fourth-order valence-corrected chi connectivity index (χ4v) is 3.54. The molecule has 0 unspecified atom stereocenters. The zero-order valence-corrected chi connectivity index (χ0v) is 19.2. The number of pyridine rings is 1. The number of nitro groups is 1. The molecular formula is C25H28N4O4. The number of furan rings is 1. The van der Waals surface area contributed by atoms with Gasteiger partial charge in [-0.1, -0.05) is 32.0 Å². The Bertz CT molecular complexity index is 1190. The van der Waals surface area contributed by atoms with Crippen molar-refractivity contribution in [1.82, 2.24) is 9.88 Å². The summed E-state index contributed by atoms with van der Waals surface area (Å²) < 4.78 is 5.15. The van der Waals surface area contributed by atoms with E-state index in [4.69, 9.17) is 4.42 Å². The number of carbonyl (C=O) groups is 1. The van der Waals surface area contributed by atoms with E-state index in [1.807, 2.05) is 31.2 Å². The van der Waals surface area contributed by atoms with Gasteiger partial charge in [0.1, 0.15) is 10.7 Å². The predicted molar refractivity (Wildman–Crippen MR) is 130 cm³/mol. The van der Waals surface area contributed by atoms with Crippen molar-refractivity contribution >= 4 is 40.6 Å². The first-order valence-corrected chi connectivity index (χ1v) is 11.0. The van der Waals surface area contributed by atoms with Crippen LogP contribution < -0.4 is 0 Å². The molecule has 33 heavy (non-hydrogen) atoms. The number of rotatable bonds is 10. The lowest BCUT2D eigenvalue weighted by Crippen LogP contribution is -2.24. The second-order valence-corrected chi connectivity index (χ2v) is 7.66. The normalized spacial score (nSPS) is 12.2. The van der Waals surface area contributed by atoms with Crippen LogP contribution >= 0.6 is 0 Å². The number of aromatic nitrogens is 1. The zero-order valence-electron chi connectivity index (χ0n) is 19.2. The van der Waals surface area contributed by atoms with Crippen LogP contribution in [-0.2, 0) is 0 Å². The molecular weight excluding hydrogens is 420 g/mol. The van der Waals surface area contributed by atoms with Gasteiger partial charge in [-0.2, -0.15) is 0 Å². The van der Waals surface area contributed by atoms with Crippen LogP contribution in [0.1, 0.15) is 55.4 Å². The number of aliphatic imine (C=N–C) groups is 1. The Morgan fingerprint density at radius 1 is 1.18 bits per heavy atom. The van der Waals surface area contributed by atoms with E-state index >= 15 is 0 Å². The van der Waals surface area contributed by atoms with Gasteiger partial charge < -0.3 is 9.32 Å². The molecule has 172 valence electrons. The summed E-state index contributed by atoms with van der Waals surface area (Å²) >= 11 is 0. The second kappa shape index (κ2) is 11.3. The summed E-state index contributed by atoms with van der Waals surface area (Å²) in [6.07, 6.45) is 4.95. The van der Waals surface area contributed by atoms with E-state index in [0.717, 1.165) is 43.6 Å². The van der Waals surface area contributed by atoms with Crippen LogP contribution in [0.25, 0.3) is 23.1 Å². The monoisotopic (exact) mass is 448 g/mol. The van der Waals surface area contributed by atoms with Crippen LogP contribution in [-0.4, -0.2) is 46.1 Å². The molecule has 0 aliphatic rings. The van der Waals surface area contributed by atoms with Gasteiger partial charge in [-0.25, -0.2) is 9.98 Å². The van der Waals surface area contributed by atoms with Gasteiger partial charge in [0.25, 0.3) is 5.91 Å². The molecule has 0 N–H and O–H groups in total. The molecule has 3 aromatic rings. The van der Waals surface area contributed by atoms with E-state index in [2.05, 4.69) is 28.7 Å². The molecule has 0 aliphatic heterocycles. The maximum atomic E-state index is 13.0. The van der Waals surface area contributed by atoms with Crippen molar-refractivity contribution in [2.24, 2.45) is 4.99 Å². The Labute approximate surface area is 192 Å². The van der Waals surface area contributed by atoms with Gasteiger partial charge in [-0.15, -0.1) is 0 Å². The minimum absolute atomic E-state index is 0.308. The van der Waals surface area contributed by atoms with E-state index in [1.54, 1.807) is 18.2 Å². The van der Waals surface area contributed by atoms with Crippen molar-refractivity contribution in [3.63, 3.8) is 0 Å². The van der Waals surface area contributed by atoms with Gasteiger partial charge in [0, 0.05) is 11.1 Å². The topological polar surface area (TPSA) is 102 Å². The number of para-hydroxylation sites is 1. The lowest BCUT2D eigenvalue weighted by molar-refractivity contribution is -0.402. The Hall–Kier alpha value is -3.65. The van der Waals surface area contributed by atoms with Gasteiger partial charge in [0.05, 0.1) is 22.8 Å². The predicted octanol–water partition coefficient (Wildman–Crippen LogP) is 5.63. The standard InChI is InChI=1S/C25H28N4O4/c1-4-28(5-2)16-8-9-18(3)26-25(30)22-17-19(27-23-11-7-6-10-21(22)23)12-13-20-14-15-24(33-20)29(31)32/h6-7,10-15,17H,4-5,8-9,16H2,1-3H3/b13-12+,26-18?. The number of nitrogens with zero attached hydrogens (tertiary/aromatic N) is 4. The molecule has 8 heteroatoms. The third-order valence-corrected chi connectivity index (χ3v) is 5.38. The first-order valence-electron chi connectivity index (χ1n) is 11.0. The van der Waals surface area contributed by atoms with E-state index < -0.39 is 4.92 Å². The van der Waals surface area contributed by atoms with E-state index in [9.17, 15) is 14.9 Å². The number of benzene rings is 1. The smallest absolute Gasteiger partial charge is 0.401 e. The van der Waals surface area contributed by atoms with Gasteiger partial charge in [-0.3, -0.25) is 14.9 Å². The van der Waals surface area contributed by atoms with Crippen LogP contribution in [0.2, 0.25) is 0 Å². The largest absolute Gasteiger partial charge is 0.433 e. The number of hydrogen-bond donors (Lipinski definition) is 0. The summed E-state index contributed by atoms with van der Waals surface area (Å²) in [5.74, 6) is -0.313. The third kappa shape index (κ3) is 6.43. The number of fused-ring (bicyclic) bond motifs is 1. The third-order valence-electron chi connectivity index (χ3n) is 5.38. The lowest BCUT2D eigenvalue weighted by Gasteiger charge is -2.17. The Morgan fingerprint density at radius 2 is 1.94 bits per heavy atom. The molecule has 3 rings (SSSR count). The fourth-order valence-electron chi connectivity index (χ4n) is 3.54. The molecule has 0 saturated heterocycles. The maximum Gasteiger partial charge on any atom is 0.433 e. The molecule has 0 saturated carbocycles. The molecule has 1 aromatic carbocycles. The summed E-state index contributed by atoms with van der Waals surface area (Å²) in [6, 6.07) is 11.9. The highest BCUT2D eigenvalue weighted by Crippen LogP contribution is 2.22. The van der Waals surface area contributed by atoms with Crippen LogP contribution in [0.3, 0.4) is 0 Å². The molecule has 8 nitrogen and oxygen atoms in total. The fraction of sp³-hybridized carbons (Fsp3) is 0.320. The first-order chi connectivity index (χ1) is 15.9. The molecule has 0 atom stereocenters. The lowest BCUT2D eigenvalue weighted by atomic mass is 10.1. The Morgan fingerprint density at radius 3 is 2.64 bits per heavy atom.